The summed E-state index contributed by atoms with van der Waals surface area (Å²) >= 11 is 0. The van der Waals surface area contributed by atoms with Gasteiger partial charge in [-0.15, -0.1) is 0 Å². The fourth-order valence-electron chi connectivity index (χ4n) is 1.93. The number of hydrogen-bond donors (Lipinski definition) is 1. The zero-order chi connectivity index (χ0) is 15.2. The van der Waals surface area contributed by atoms with Crippen molar-refractivity contribution < 1.29 is 13.2 Å². The second-order valence-corrected chi connectivity index (χ2v) is 4.75. The highest BCUT2D eigenvalue weighted by Gasteiger charge is 2.30. The van der Waals surface area contributed by atoms with Crippen LogP contribution in [0.1, 0.15) is 38.8 Å². The number of aromatic nitrogens is 1. The average Bonchev–Trinajstić information content (AvgIpc) is 2.41. The van der Waals surface area contributed by atoms with Crippen molar-refractivity contribution in [3.63, 3.8) is 0 Å². The highest BCUT2D eigenvalue weighted by molar-refractivity contribution is 5.41. The van der Waals surface area contributed by atoms with Crippen LogP contribution in [0, 0.1) is 0 Å². The summed E-state index contributed by atoms with van der Waals surface area (Å²) in [4.78, 5) is 5.29. The number of nitrogens with zero attached hydrogens (tertiary/aromatic N) is 2. The summed E-state index contributed by atoms with van der Waals surface area (Å²) in [6.45, 7) is 5.93. The molecule has 1 rings (SSSR count). The SMILES string of the molecule is CCCNC(C)c1ccnc(N(CC)CC(F)(F)F)c1. The summed E-state index contributed by atoms with van der Waals surface area (Å²) in [6.07, 6.45) is -1.65. The van der Waals surface area contributed by atoms with Crippen LogP contribution in [0.25, 0.3) is 0 Å². The predicted molar refractivity (Wildman–Crippen MR) is 74.9 cm³/mol. The summed E-state index contributed by atoms with van der Waals surface area (Å²) < 4.78 is 37.6. The first kappa shape index (κ1) is 16.8. The van der Waals surface area contributed by atoms with Gasteiger partial charge in [0, 0.05) is 18.8 Å². The van der Waals surface area contributed by atoms with Gasteiger partial charge in [0.1, 0.15) is 12.4 Å². The molecule has 0 aliphatic carbocycles. The Labute approximate surface area is 118 Å². The topological polar surface area (TPSA) is 28.2 Å². The fraction of sp³-hybridized carbons (Fsp3) is 0.643. The number of anilines is 1. The third-order valence-electron chi connectivity index (χ3n) is 3.05. The summed E-state index contributed by atoms with van der Waals surface area (Å²) in [5.41, 5.74) is 0.948. The van der Waals surface area contributed by atoms with E-state index in [1.807, 2.05) is 13.0 Å². The lowest BCUT2D eigenvalue weighted by Crippen LogP contribution is -2.34. The quantitative estimate of drug-likeness (QED) is 0.832. The normalized spacial score (nSPS) is 13.3. The summed E-state index contributed by atoms with van der Waals surface area (Å²) in [7, 11) is 0. The number of nitrogens with one attached hydrogen (secondary N) is 1. The van der Waals surface area contributed by atoms with E-state index < -0.39 is 12.7 Å². The van der Waals surface area contributed by atoms with Gasteiger partial charge in [-0.25, -0.2) is 4.98 Å². The predicted octanol–water partition coefficient (Wildman–Crippen LogP) is 3.53. The van der Waals surface area contributed by atoms with E-state index in [4.69, 9.17) is 0 Å². The van der Waals surface area contributed by atoms with Gasteiger partial charge in [-0.2, -0.15) is 13.2 Å². The van der Waals surface area contributed by atoms with Gasteiger partial charge in [-0.05, 0) is 44.5 Å². The molecule has 0 aromatic carbocycles. The largest absolute Gasteiger partial charge is 0.405 e. The first-order chi connectivity index (χ1) is 9.37. The molecule has 6 heteroatoms. The Balaban J connectivity index is 2.84. The second kappa shape index (κ2) is 7.47. The lowest BCUT2D eigenvalue weighted by atomic mass is 10.1. The smallest absolute Gasteiger partial charge is 0.348 e. The molecular formula is C14H22F3N3. The molecule has 0 radical (unpaired) electrons. The molecular weight excluding hydrogens is 267 g/mol. The van der Waals surface area contributed by atoms with E-state index in [1.165, 1.54) is 4.90 Å². The van der Waals surface area contributed by atoms with E-state index >= 15 is 0 Å². The third-order valence-corrected chi connectivity index (χ3v) is 3.05. The fourth-order valence-corrected chi connectivity index (χ4v) is 1.93. The minimum absolute atomic E-state index is 0.0984. The Morgan fingerprint density at radius 2 is 2.05 bits per heavy atom. The Hall–Kier alpha value is -1.30. The second-order valence-electron chi connectivity index (χ2n) is 4.75. The molecule has 0 saturated heterocycles. The first-order valence-corrected chi connectivity index (χ1v) is 6.88. The lowest BCUT2D eigenvalue weighted by Gasteiger charge is -2.24. The molecule has 1 unspecified atom stereocenters. The van der Waals surface area contributed by atoms with Crippen molar-refractivity contribution in [1.82, 2.24) is 10.3 Å². The van der Waals surface area contributed by atoms with Gasteiger partial charge in [0.05, 0.1) is 0 Å². The summed E-state index contributed by atoms with van der Waals surface area (Å²) in [5, 5.41) is 3.31. The molecule has 1 N–H and O–H groups in total. The van der Waals surface area contributed by atoms with Gasteiger partial charge in [-0.3, -0.25) is 0 Å². The molecule has 0 aliphatic rings. The Bertz CT molecular complexity index is 407. The van der Waals surface area contributed by atoms with Crippen LogP contribution in [0.3, 0.4) is 0 Å². The highest BCUT2D eigenvalue weighted by atomic mass is 19.4. The van der Waals surface area contributed by atoms with Crippen molar-refractivity contribution in [2.24, 2.45) is 0 Å². The highest BCUT2D eigenvalue weighted by Crippen LogP contribution is 2.22. The zero-order valence-electron chi connectivity index (χ0n) is 12.2. The van der Waals surface area contributed by atoms with Crippen molar-refractivity contribution in [3.05, 3.63) is 23.9 Å². The number of halogens is 3. The maximum absolute atomic E-state index is 12.5. The van der Waals surface area contributed by atoms with Gasteiger partial charge < -0.3 is 10.2 Å². The van der Waals surface area contributed by atoms with Crippen molar-refractivity contribution in [3.8, 4) is 0 Å². The average molecular weight is 289 g/mol. The van der Waals surface area contributed by atoms with E-state index in [0.29, 0.717) is 5.82 Å². The molecule has 114 valence electrons. The molecule has 1 aromatic rings. The van der Waals surface area contributed by atoms with Crippen LogP contribution < -0.4 is 10.2 Å². The minimum atomic E-state index is -4.22. The van der Waals surface area contributed by atoms with Crippen LogP contribution in [-0.2, 0) is 0 Å². The molecule has 0 spiro atoms. The molecule has 0 aliphatic heterocycles. The number of pyridine rings is 1. The van der Waals surface area contributed by atoms with Crippen LogP contribution in [0.15, 0.2) is 18.3 Å². The van der Waals surface area contributed by atoms with Crippen LogP contribution in [0.5, 0.6) is 0 Å². The van der Waals surface area contributed by atoms with Gasteiger partial charge in [-0.1, -0.05) is 6.92 Å². The van der Waals surface area contributed by atoms with Crippen molar-refractivity contribution in [1.29, 1.82) is 0 Å². The molecule has 0 fully saturated rings. The number of rotatable bonds is 7. The van der Waals surface area contributed by atoms with Gasteiger partial charge in [0.25, 0.3) is 0 Å². The van der Waals surface area contributed by atoms with Crippen molar-refractivity contribution in [2.45, 2.75) is 39.4 Å². The Morgan fingerprint density at radius 1 is 1.35 bits per heavy atom. The summed E-state index contributed by atoms with van der Waals surface area (Å²) in [6, 6.07) is 3.65. The molecule has 1 aromatic heterocycles. The van der Waals surface area contributed by atoms with E-state index in [-0.39, 0.29) is 12.6 Å². The van der Waals surface area contributed by atoms with Crippen molar-refractivity contribution >= 4 is 5.82 Å². The maximum Gasteiger partial charge on any atom is 0.405 e. The molecule has 3 nitrogen and oxygen atoms in total. The first-order valence-electron chi connectivity index (χ1n) is 6.88. The van der Waals surface area contributed by atoms with E-state index in [1.54, 1.807) is 19.2 Å². The van der Waals surface area contributed by atoms with E-state index in [9.17, 15) is 13.2 Å². The van der Waals surface area contributed by atoms with E-state index in [2.05, 4.69) is 17.2 Å². The number of hydrogen-bond acceptors (Lipinski definition) is 3. The molecule has 1 atom stereocenters. The molecule has 0 saturated carbocycles. The van der Waals surface area contributed by atoms with Crippen molar-refractivity contribution in [2.75, 3.05) is 24.5 Å². The molecule has 0 bridgehead atoms. The third kappa shape index (κ3) is 5.36. The zero-order valence-corrected chi connectivity index (χ0v) is 12.2. The summed E-state index contributed by atoms with van der Waals surface area (Å²) in [5.74, 6) is 0.368. The molecule has 1 heterocycles. The van der Waals surface area contributed by atoms with Crippen LogP contribution in [0.4, 0.5) is 19.0 Å². The monoisotopic (exact) mass is 289 g/mol. The standard InChI is InChI=1S/C14H22F3N3/c1-4-7-18-11(3)12-6-8-19-13(9-12)20(5-2)10-14(15,16)17/h6,8-9,11,18H,4-5,7,10H2,1-3H3. The van der Waals surface area contributed by atoms with E-state index in [0.717, 1.165) is 18.5 Å². The Morgan fingerprint density at radius 3 is 2.60 bits per heavy atom. The maximum atomic E-state index is 12.5. The van der Waals surface area contributed by atoms with Gasteiger partial charge >= 0.3 is 6.18 Å². The molecule has 20 heavy (non-hydrogen) atoms. The number of alkyl halides is 3. The minimum Gasteiger partial charge on any atom is -0.348 e. The van der Waals surface area contributed by atoms with Gasteiger partial charge in [0.15, 0.2) is 0 Å². The van der Waals surface area contributed by atoms with Crippen LogP contribution >= 0.6 is 0 Å². The van der Waals surface area contributed by atoms with Crippen LogP contribution in [-0.4, -0.2) is 30.8 Å². The van der Waals surface area contributed by atoms with Crippen LogP contribution in [0.2, 0.25) is 0 Å². The van der Waals surface area contributed by atoms with Gasteiger partial charge in [0.2, 0.25) is 0 Å². The Kier molecular flexibility index (Phi) is 6.26. The molecule has 0 amide bonds. The lowest BCUT2D eigenvalue weighted by molar-refractivity contribution is -0.119.